The molecule has 1 N–H and O–H groups in total. The Hall–Kier alpha value is -1.39. The van der Waals surface area contributed by atoms with Crippen molar-refractivity contribution in [3.8, 4) is 0 Å². The molecule has 2 fully saturated rings. The first-order chi connectivity index (χ1) is 9.24. The average Bonchev–Trinajstić information content (AvgIpc) is 2.37. The fourth-order valence-corrected chi connectivity index (χ4v) is 2.70. The summed E-state index contributed by atoms with van der Waals surface area (Å²) in [7, 11) is 0. The maximum Gasteiger partial charge on any atom is 0.228 e. The van der Waals surface area contributed by atoms with Crippen molar-refractivity contribution in [2.45, 2.75) is 19.1 Å². The Morgan fingerprint density at radius 1 is 1.26 bits per heavy atom. The Labute approximate surface area is 113 Å². The molecule has 0 saturated carbocycles. The van der Waals surface area contributed by atoms with Gasteiger partial charge in [0.1, 0.15) is 6.10 Å². The van der Waals surface area contributed by atoms with E-state index in [4.69, 9.17) is 4.74 Å². The number of nitrogens with zero attached hydrogens (tertiary/aromatic N) is 1. The van der Waals surface area contributed by atoms with Gasteiger partial charge in [0.25, 0.3) is 0 Å². The molecule has 102 valence electrons. The predicted octanol–water partition coefficient (Wildman–Crippen LogP) is 1.19. The van der Waals surface area contributed by atoms with E-state index in [1.165, 1.54) is 0 Å². The molecule has 0 aliphatic carbocycles. The summed E-state index contributed by atoms with van der Waals surface area (Å²) in [6, 6.07) is 10.2. The number of hydrogen-bond acceptors (Lipinski definition) is 3. The molecular formula is C15H20N2O2. The maximum absolute atomic E-state index is 12.3. The standard InChI is InChI=1S/C15H20N2O2/c1-11-9-17(15(18)13-7-16-8-13)10-14(19-11)12-5-3-2-4-6-12/h2-6,11,13-14,16H,7-10H2,1H3. The highest BCUT2D eigenvalue weighted by molar-refractivity contribution is 5.80. The molecule has 2 aliphatic heterocycles. The van der Waals surface area contributed by atoms with E-state index in [-0.39, 0.29) is 24.0 Å². The van der Waals surface area contributed by atoms with Crippen LogP contribution in [-0.4, -0.2) is 43.1 Å². The zero-order valence-corrected chi connectivity index (χ0v) is 11.2. The highest BCUT2D eigenvalue weighted by Crippen LogP contribution is 2.26. The molecule has 2 aliphatic rings. The fourth-order valence-electron chi connectivity index (χ4n) is 2.70. The second-order valence-electron chi connectivity index (χ2n) is 5.44. The lowest BCUT2D eigenvalue weighted by atomic mass is 9.99. The average molecular weight is 260 g/mol. The molecule has 0 spiro atoms. The number of amides is 1. The van der Waals surface area contributed by atoms with Gasteiger partial charge in [-0.2, -0.15) is 0 Å². The minimum atomic E-state index is 0.00179. The van der Waals surface area contributed by atoms with E-state index in [1.807, 2.05) is 30.0 Å². The number of carbonyl (C=O) groups excluding carboxylic acids is 1. The fraction of sp³-hybridized carbons (Fsp3) is 0.533. The van der Waals surface area contributed by atoms with Crippen molar-refractivity contribution in [1.82, 2.24) is 10.2 Å². The van der Waals surface area contributed by atoms with Gasteiger partial charge in [0.05, 0.1) is 18.6 Å². The van der Waals surface area contributed by atoms with Gasteiger partial charge < -0.3 is 15.0 Å². The smallest absolute Gasteiger partial charge is 0.228 e. The van der Waals surface area contributed by atoms with Gasteiger partial charge in [-0.05, 0) is 12.5 Å². The van der Waals surface area contributed by atoms with Gasteiger partial charge in [-0.3, -0.25) is 4.79 Å². The van der Waals surface area contributed by atoms with Crippen LogP contribution in [0.3, 0.4) is 0 Å². The van der Waals surface area contributed by atoms with Crippen LogP contribution in [0.1, 0.15) is 18.6 Å². The summed E-state index contributed by atoms with van der Waals surface area (Å²) < 4.78 is 5.97. The molecule has 0 bridgehead atoms. The van der Waals surface area contributed by atoms with E-state index in [1.54, 1.807) is 0 Å². The van der Waals surface area contributed by atoms with Gasteiger partial charge in [0.15, 0.2) is 0 Å². The summed E-state index contributed by atoms with van der Waals surface area (Å²) in [4.78, 5) is 14.3. The first-order valence-corrected chi connectivity index (χ1v) is 6.94. The molecule has 2 heterocycles. The number of nitrogens with one attached hydrogen (secondary N) is 1. The van der Waals surface area contributed by atoms with Crippen molar-refractivity contribution in [2.75, 3.05) is 26.2 Å². The lowest BCUT2D eigenvalue weighted by molar-refractivity contribution is -0.150. The number of carbonyl (C=O) groups is 1. The monoisotopic (exact) mass is 260 g/mol. The largest absolute Gasteiger partial charge is 0.367 e. The Morgan fingerprint density at radius 2 is 2.00 bits per heavy atom. The van der Waals surface area contributed by atoms with Crippen LogP contribution in [0.2, 0.25) is 0 Å². The zero-order chi connectivity index (χ0) is 13.2. The number of rotatable bonds is 2. The normalized spacial score (nSPS) is 27.9. The van der Waals surface area contributed by atoms with Crippen molar-refractivity contribution in [2.24, 2.45) is 5.92 Å². The molecule has 0 aromatic heterocycles. The second-order valence-corrected chi connectivity index (χ2v) is 5.44. The van der Waals surface area contributed by atoms with Gasteiger partial charge >= 0.3 is 0 Å². The zero-order valence-electron chi connectivity index (χ0n) is 11.2. The summed E-state index contributed by atoms with van der Waals surface area (Å²) in [5.74, 6) is 0.441. The summed E-state index contributed by atoms with van der Waals surface area (Å²) >= 11 is 0. The third-order valence-corrected chi connectivity index (χ3v) is 3.87. The van der Waals surface area contributed by atoms with E-state index >= 15 is 0 Å². The van der Waals surface area contributed by atoms with Crippen molar-refractivity contribution < 1.29 is 9.53 Å². The maximum atomic E-state index is 12.3. The summed E-state index contributed by atoms with van der Waals surface area (Å²) in [6.07, 6.45) is 0.0953. The third-order valence-electron chi connectivity index (χ3n) is 3.87. The minimum absolute atomic E-state index is 0.00179. The van der Waals surface area contributed by atoms with Crippen LogP contribution in [-0.2, 0) is 9.53 Å². The third kappa shape index (κ3) is 2.65. The Morgan fingerprint density at radius 3 is 2.63 bits per heavy atom. The predicted molar refractivity (Wildman–Crippen MR) is 72.7 cm³/mol. The summed E-state index contributed by atoms with van der Waals surface area (Å²) in [5.41, 5.74) is 1.15. The van der Waals surface area contributed by atoms with Crippen LogP contribution in [0.25, 0.3) is 0 Å². The molecule has 2 saturated heterocycles. The van der Waals surface area contributed by atoms with Crippen molar-refractivity contribution in [3.63, 3.8) is 0 Å². The van der Waals surface area contributed by atoms with Gasteiger partial charge in [-0.1, -0.05) is 30.3 Å². The van der Waals surface area contributed by atoms with E-state index in [9.17, 15) is 4.79 Å². The Bertz CT molecular complexity index is 445. The van der Waals surface area contributed by atoms with Gasteiger partial charge in [-0.25, -0.2) is 0 Å². The molecule has 1 amide bonds. The Balaban J connectivity index is 1.71. The highest BCUT2D eigenvalue weighted by atomic mass is 16.5. The van der Waals surface area contributed by atoms with Crippen molar-refractivity contribution in [1.29, 1.82) is 0 Å². The first kappa shape index (κ1) is 12.6. The van der Waals surface area contributed by atoms with Crippen molar-refractivity contribution in [3.05, 3.63) is 35.9 Å². The molecule has 4 heteroatoms. The van der Waals surface area contributed by atoms with E-state index < -0.39 is 0 Å². The van der Waals surface area contributed by atoms with Crippen LogP contribution in [0, 0.1) is 5.92 Å². The minimum Gasteiger partial charge on any atom is -0.367 e. The SMILES string of the molecule is CC1CN(C(=O)C2CNC2)CC(c2ccccc2)O1. The lowest BCUT2D eigenvalue weighted by Gasteiger charge is -2.40. The number of hydrogen-bond donors (Lipinski definition) is 1. The quantitative estimate of drug-likeness (QED) is 0.868. The van der Waals surface area contributed by atoms with Crippen LogP contribution in [0.5, 0.6) is 0 Å². The molecule has 0 radical (unpaired) electrons. The van der Waals surface area contributed by atoms with Gasteiger partial charge in [0.2, 0.25) is 5.91 Å². The summed E-state index contributed by atoms with van der Waals surface area (Å²) in [6.45, 7) is 5.05. The molecule has 1 aromatic carbocycles. The van der Waals surface area contributed by atoms with E-state index in [0.717, 1.165) is 18.7 Å². The van der Waals surface area contributed by atoms with Crippen LogP contribution >= 0.6 is 0 Å². The molecule has 4 nitrogen and oxygen atoms in total. The molecule has 2 atom stereocenters. The number of ether oxygens (including phenoxy) is 1. The topological polar surface area (TPSA) is 41.6 Å². The van der Waals surface area contributed by atoms with Crippen LogP contribution in [0.15, 0.2) is 30.3 Å². The molecule has 3 rings (SSSR count). The number of morpholine rings is 1. The van der Waals surface area contributed by atoms with Crippen molar-refractivity contribution >= 4 is 5.91 Å². The molecular weight excluding hydrogens is 240 g/mol. The molecule has 19 heavy (non-hydrogen) atoms. The second kappa shape index (κ2) is 5.31. The summed E-state index contributed by atoms with van der Waals surface area (Å²) in [5, 5.41) is 3.16. The first-order valence-electron chi connectivity index (χ1n) is 6.94. The van der Waals surface area contributed by atoms with E-state index in [0.29, 0.717) is 13.1 Å². The lowest BCUT2D eigenvalue weighted by Crippen LogP contribution is -2.55. The molecule has 2 unspecified atom stereocenters. The molecule has 1 aromatic rings. The Kier molecular flexibility index (Phi) is 3.53. The van der Waals surface area contributed by atoms with Gasteiger partial charge in [0, 0.05) is 19.6 Å². The van der Waals surface area contributed by atoms with Crippen LogP contribution in [0.4, 0.5) is 0 Å². The van der Waals surface area contributed by atoms with Crippen LogP contribution < -0.4 is 5.32 Å². The van der Waals surface area contributed by atoms with E-state index in [2.05, 4.69) is 17.4 Å². The number of benzene rings is 1. The highest BCUT2D eigenvalue weighted by Gasteiger charge is 2.34. The van der Waals surface area contributed by atoms with Gasteiger partial charge in [-0.15, -0.1) is 0 Å².